The minimum absolute atomic E-state index is 0.0171. The monoisotopic (exact) mass is 176 g/mol. The van der Waals surface area contributed by atoms with Crippen molar-refractivity contribution in [1.82, 2.24) is 0 Å². The van der Waals surface area contributed by atoms with Crippen LogP contribution in [-0.4, -0.2) is 11.6 Å². The molecular formula is C11H12O2. The van der Waals surface area contributed by atoms with Crippen molar-refractivity contribution in [3.8, 4) is 11.8 Å². The van der Waals surface area contributed by atoms with Crippen LogP contribution >= 0.6 is 0 Å². The summed E-state index contributed by atoms with van der Waals surface area (Å²) in [5, 5.41) is 0. The Hall–Kier alpha value is -1.10. The molecule has 0 bridgehead atoms. The molecule has 2 aliphatic rings. The highest BCUT2D eigenvalue weighted by atomic mass is 16.1. The fourth-order valence-electron chi connectivity index (χ4n) is 2.29. The summed E-state index contributed by atoms with van der Waals surface area (Å²) in [4.78, 5) is 22.7. The van der Waals surface area contributed by atoms with E-state index in [4.69, 9.17) is 0 Å². The Labute approximate surface area is 77.7 Å². The molecule has 68 valence electrons. The molecular weight excluding hydrogens is 164 g/mol. The first kappa shape index (κ1) is 8.50. The zero-order chi connectivity index (χ0) is 9.42. The minimum atomic E-state index is -0.0856. The summed E-state index contributed by atoms with van der Waals surface area (Å²) in [5.41, 5.74) is 0. The first-order valence-electron chi connectivity index (χ1n) is 4.78. The molecule has 2 rings (SSSR count). The van der Waals surface area contributed by atoms with Crippen molar-refractivity contribution >= 4 is 11.6 Å². The summed E-state index contributed by atoms with van der Waals surface area (Å²) in [7, 11) is 0. The molecule has 0 N–H and O–H groups in total. The van der Waals surface area contributed by atoms with Crippen LogP contribution in [0.4, 0.5) is 0 Å². The van der Waals surface area contributed by atoms with Gasteiger partial charge in [0.15, 0.2) is 0 Å². The van der Waals surface area contributed by atoms with Gasteiger partial charge < -0.3 is 0 Å². The van der Waals surface area contributed by atoms with Gasteiger partial charge in [-0.3, -0.25) is 9.59 Å². The van der Waals surface area contributed by atoms with Crippen LogP contribution in [0.25, 0.3) is 0 Å². The third kappa shape index (κ3) is 1.39. The van der Waals surface area contributed by atoms with Gasteiger partial charge in [0.1, 0.15) is 0 Å². The lowest BCUT2D eigenvalue weighted by molar-refractivity contribution is -0.129. The smallest absolute Gasteiger partial charge is 0.209 e. The Morgan fingerprint density at radius 1 is 1.08 bits per heavy atom. The summed E-state index contributed by atoms with van der Waals surface area (Å²) in [6.07, 6.45) is 2.76. The highest BCUT2D eigenvalue weighted by Crippen LogP contribution is 2.35. The second-order valence-corrected chi connectivity index (χ2v) is 4.11. The van der Waals surface area contributed by atoms with E-state index in [0.29, 0.717) is 5.92 Å². The van der Waals surface area contributed by atoms with Gasteiger partial charge in [-0.05, 0) is 37.0 Å². The molecule has 0 radical (unpaired) electrons. The van der Waals surface area contributed by atoms with Crippen molar-refractivity contribution < 1.29 is 9.59 Å². The van der Waals surface area contributed by atoms with Crippen molar-refractivity contribution in [2.24, 2.45) is 17.8 Å². The van der Waals surface area contributed by atoms with Gasteiger partial charge in [-0.15, -0.1) is 0 Å². The Morgan fingerprint density at radius 3 is 2.38 bits per heavy atom. The average Bonchev–Trinajstić information content (AvgIpc) is 2.12. The minimum Gasteiger partial charge on any atom is -0.285 e. The van der Waals surface area contributed by atoms with Gasteiger partial charge in [0.2, 0.25) is 11.6 Å². The van der Waals surface area contributed by atoms with Crippen LogP contribution in [0.2, 0.25) is 0 Å². The number of ketones is 2. The molecule has 0 aromatic carbocycles. The number of Topliss-reactive ketones (excluding diaryl/α,β-unsaturated/α-hetero) is 2. The molecule has 2 aliphatic carbocycles. The van der Waals surface area contributed by atoms with Gasteiger partial charge in [-0.1, -0.05) is 6.92 Å². The molecule has 0 aromatic rings. The Morgan fingerprint density at radius 2 is 1.69 bits per heavy atom. The van der Waals surface area contributed by atoms with Crippen LogP contribution in [0.1, 0.15) is 26.2 Å². The Balaban J connectivity index is 2.26. The van der Waals surface area contributed by atoms with E-state index in [2.05, 4.69) is 18.8 Å². The fourth-order valence-corrected chi connectivity index (χ4v) is 2.29. The van der Waals surface area contributed by atoms with Crippen LogP contribution < -0.4 is 0 Å². The van der Waals surface area contributed by atoms with Crippen LogP contribution in [-0.2, 0) is 9.59 Å². The second-order valence-electron chi connectivity index (χ2n) is 4.11. The maximum absolute atomic E-state index is 11.4. The van der Waals surface area contributed by atoms with Crippen LogP contribution in [0.3, 0.4) is 0 Å². The number of carbonyl (C=O) groups excluding carboxylic acids is 2. The lowest BCUT2D eigenvalue weighted by Gasteiger charge is -2.31. The molecule has 1 fully saturated rings. The van der Waals surface area contributed by atoms with Crippen molar-refractivity contribution in [1.29, 1.82) is 0 Å². The molecule has 0 aromatic heterocycles. The maximum Gasteiger partial charge on any atom is 0.209 e. The van der Waals surface area contributed by atoms with Crippen molar-refractivity contribution in [3.05, 3.63) is 0 Å². The Bertz CT molecular complexity index is 319. The summed E-state index contributed by atoms with van der Waals surface area (Å²) in [5.74, 6) is 5.19. The summed E-state index contributed by atoms with van der Waals surface area (Å²) in [6, 6.07) is 0. The number of hydrogen-bond acceptors (Lipinski definition) is 2. The lowest BCUT2D eigenvalue weighted by atomic mass is 9.69. The topological polar surface area (TPSA) is 34.1 Å². The Kier molecular flexibility index (Phi) is 1.95. The highest BCUT2D eigenvalue weighted by molar-refractivity contribution is 6.12. The SMILES string of the molecule is CC1CCC2C(=O)C#CC(=O)C2C1. The third-order valence-electron chi connectivity index (χ3n) is 3.09. The van der Waals surface area contributed by atoms with Gasteiger partial charge in [0.05, 0.1) is 0 Å². The van der Waals surface area contributed by atoms with Crippen LogP contribution in [0, 0.1) is 29.6 Å². The van der Waals surface area contributed by atoms with E-state index in [9.17, 15) is 9.59 Å². The standard InChI is InChI=1S/C11H12O2/c1-7-2-3-8-9(6-7)11(13)5-4-10(8)12/h7-9H,2-3,6H2,1H3. The molecule has 0 saturated heterocycles. The van der Waals surface area contributed by atoms with E-state index in [-0.39, 0.29) is 23.4 Å². The van der Waals surface area contributed by atoms with Gasteiger partial charge in [-0.2, -0.15) is 0 Å². The van der Waals surface area contributed by atoms with Crippen molar-refractivity contribution in [3.63, 3.8) is 0 Å². The first-order valence-corrected chi connectivity index (χ1v) is 4.78. The quantitative estimate of drug-likeness (QED) is 0.410. The van der Waals surface area contributed by atoms with Crippen LogP contribution in [0.15, 0.2) is 0 Å². The molecule has 0 aliphatic heterocycles. The molecule has 0 amide bonds. The van der Waals surface area contributed by atoms with E-state index in [1.165, 1.54) is 0 Å². The van der Waals surface area contributed by atoms with Crippen LogP contribution in [0.5, 0.6) is 0 Å². The second kappa shape index (κ2) is 2.99. The molecule has 1 saturated carbocycles. The zero-order valence-electron chi connectivity index (χ0n) is 7.67. The number of fused-ring (bicyclic) bond motifs is 1. The predicted molar refractivity (Wildman–Crippen MR) is 47.8 cm³/mol. The van der Waals surface area contributed by atoms with Crippen molar-refractivity contribution in [2.75, 3.05) is 0 Å². The van der Waals surface area contributed by atoms with E-state index in [0.717, 1.165) is 19.3 Å². The molecule has 3 unspecified atom stereocenters. The van der Waals surface area contributed by atoms with E-state index >= 15 is 0 Å². The van der Waals surface area contributed by atoms with Gasteiger partial charge in [0.25, 0.3) is 0 Å². The predicted octanol–water partition coefficient (Wildman–Crippen LogP) is 1.19. The number of carbonyl (C=O) groups is 2. The van der Waals surface area contributed by atoms with Crippen molar-refractivity contribution in [2.45, 2.75) is 26.2 Å². The number of hydrogen-bond donors (Lipinski definition) is 0. The summed E-state index contributed by atoms with van der Waals surface area (Å²) in [6.45, 7) is 2.13. The molecule has 0 spiro atoms. The highest BCUT2D eigenvalue weighted by Gasteiger charge is 2.38. The first-order chi connectivity index (χ1) is 6.18. The van der Waals surface area contributed by atoms with Gasteiger partial charge >= 0.3 is 0 Å². The molecule has 2 nitrogen and oxygen atoms in total. The zero-order valence-corrected chi connectivity index (χ0v) is 7.67. The largest absolute Gasteiger partial charge is 0.285 e. The molecule has 3 atom stereocenters. The van der Waals surface area contributed by atoms with E-state index < -0.39 is 0 Å². The van der Waals surface area contributed by atoms with Gasteiger partial charge in [0, 0.05) is 11.8 Å². The molecule has 2 heteroatoms. The normalized spacial score (nSPS) is 37.8. The average molecular weight is 176 g/mol. The maximum atomic E-state index is 11.4. The summed E-state index contributed by atoms with van der Waals surface area (Å²) >= 11 is 0. The van der Waals surface area contributed by atoms with E-state index in [1.807, 2.05) is 0 Å². The molecule has 0 heterocycles. The van der Waals surface area contributed by atoms with Gasteiger partial charge in [-0.25, -0.2) is 0 Å². The number of rotatable bonds is 0. The molecule has 13 heavy (non-hydrogen) atoms. The summed E-state index contributed by atoms with van der Waals surface area (Å²) < 4.78 is 0. The fraction of sp³-hybridized carbons (Fsp3) is 0.636. The lowest BCUT2D eigenvalue weighted by Crippen LogP contribution is -2.36. The third-order valence-corrected chi connectivity index (χ3v) is 3.09. The van der Waals surface area contributed by atoms with E-state index in [1.54, 1.807) is 0 Å².